The monoisotopic (exact) mass is 282 g/mol. The minimum absolute atomic E-state index is 0.682. The summed E-state index contributed by atoms with van der Waals surface area (Å²) in [7, 11) is 0. The Morgan fingerprint density at radius 2 is 1.55 bits per heavy atom. The summed E-state index contributed by atoms with van der Waals surface area (Å²) in [6, 6.07) is 20.1. The van der Waals surface area contributed by atoms with Crippen LogP contribution in [-0.4, -0.2) is 14.9 Å². The predicted molar refractivity (Wildman–Crippen MR) is 81.6 cm³/mol. The van der Waals surface area contributed by atoms with Gasteiger partial charge in [0.2, 0.25) is 5.16 Å². The molecule has 2 aromatic carbocycles. The van der Waals surface area contributed by atoms with Gasteiger partial charge in [0.25, 0.3) is 0 Å². The summed E-state index contributed by atoms with van der Waals surface area (Å²) in [6.07, 6.45) is 0. The lowest BCUT2D eigenvalue weighted by atomic mass is 10.2. The zero-order valence-electron chi connectivity index (χ0n) is 10.8. The molecule has 1 heterocycles. The highest BCUT2D eigenvalue weighted by Gasteiger charge is 2.11. The van der Waals surface area contributed by atoms with E-state index >= 15 is 0 Å². The molecule has 3 rings (SSSR count). The number of hydrogen-bond acceptors (Lipinski definition) is 4. The van der Waals surface area contributed by atoms with Crippen LogP contribution in [0.15, 0.2) is 65.8 Å². The Morgan fingerprint density at radius 1 is 0.900 bits per heavy atom. The van der Waals surface area contributed by atoms with Crippen LogP contribution < -0.4 is 5.84 Å². The van der Waals surface area contributed by atoms with Crippen LogP contribution in [0.25, 0.3) is 11.4 Å². The number of aromatic nitrogens is 3. The molecule has 0 radical (unpaired) electrons. The van der Waals surface area contributed by atoms with E-state index in [2.05, 4.69) is 22.3 Å². The minimum atomic E-state index is 0.682. The van der Waals surface area contributed by atoms with E-state index in [-0.39, 0.29) is 0 Å². The van der Waals surface area contributed by atoms with Gasteiger partial charge in [0.15, 0.2) is 5.82 Å². The SMILES string of the molecule is Nn1c(SCc2ccccc2)nnc1-c1ccccc1. The van der Waals surface area contributed by atoms with Crippen LogP contribution in [0.5, 0.6) is 0 Å². The van der Waals surface area contributed by atoms with Crippen molar-refractivity contribution >= 4 is 11.8 Å². The van der Waals surface area contributed by atoms with Crippen LogP contribution in [0.2, 0.25) is 0 Å². The highest BCUT2D eigenvalue weighted by molar-refractivity contribution is 7.98. The van der Waals surface area contributed by atoms with Gasteiger partial charge in [-0.3, -0.25) is 0 Å². The highest BCUT2D eigenvalue weighted by Crippen LogP contribution is 2.23. The maximum atomic E-state index is 6.07. The molecule has 20 heavy (non-hydrogen) atoms. The molecule has 0 aliphatic carbocycles. The average Bonchev–Trinajstić information content (AvgIpc) is 2.88. The Labute approximate surface area is 121 Å². The van der Waals surface area contributed by atoms with E-state index in [1.165, 1.54) is 5.56 Å². The van der Waals surface area contributed by atoms with Crippen molar-refractivity contribution in [1.29, 1.82) is 0 Å². The molecule has 0 saturated heterocycles. The maximum Gasteiger partial charge on any atom is 0.210 e. The normalized spacial score (nSPS) is 10.6. The van der Waals surface area contributed by atoms with Crippen LogP contribution in [0, 0.1) is 0 Å². The maximum absolute atomic E-state index is 6.07. The Morgan fingerprint density at radius 3 is 2.25 bits per heavy atom. The van der Waals surface area contributed by atoms with Crippen LogP contribution in [-0.2, 0) is 5.75 Å². The van der Waals surface area contributed by atoms with E-state index in [1.54, 1.807) is 16.4 Å². The molecule has 0 bridgehead atoms. The summed E-state index contributed by atoms with van der Waals surface area (Å²) in [5.41, 5.74) is 2.20. The first-order valence-corrected chi connectivity index (χ1v) is 7.26. The number of nitrogens with two attached hydrogens (primary N) is 1. The number of nitrogens with zero attached hydrogens (tertiary/aromatic N) is 3. The zero-order valence-corrected chi connectivity index (χ0v) is 11.6. The highest BCUT2D eigenvalue weighted by atomic mass is 32.2. The Kier molecular flexibility index (Phi) is 3.69. The largest absolute Gasteiger partial charge is 0.335 e. The fraction of sp³-hybridized carbons (Fsp3) is 0.0667. The second kappa shape index (κ2) is 5.79. The van der Waals surface area contributed by atoms with Crippen molar-refractivity contribution < 1.29 is 0 Å². The first kappa shape index (κ1) is 12.7. The fourth-order valence-electron chi connectivity index (χ4n) is 1.88. The van der Waals surface area contributed by atoms with E-state index in [4.69, 9.17) is 5.84 Å². The van der Waals surface area contributed by atoms with E-state index in [0.29, 0.717) is 11.0 Å². The smallest absolute Gasteiger partial charge is 0.210 e. The van der Waals surface area contributed by atoms with Gasteiger partial charge < -0.3 is 5.84 Å². The molecule has 4 nitrogen and oxygen atoms in total. The van der Waals surface area contributed by atoms with Crippen molar-refractivity contribution in [3.63, 3.8) is 0 Å². The molecule has 0 saturated carbocycles. The molecule has 1 aromatic heterocycles. The molecule has 0 unspecified atom stereocenters. The van der Waals surface area contributed by atoms with Crippen LogP contribution in [0.1, 0.15) is 5.56 Å². The fourth-order valence-corrected chi connectivity index (χ4v) is 2.69. The van der Waals surface area contributed by atoms with Gasteiger partial charge in [0.1, 0.15) is 0 Å². The van der Waals surface area contributed by atoms with E-state index < -0.39 is 0 Å². The Balaban J connectivity index is 1.78. The van der Waals surface area contributed by atoms with Gasteiger partial charge >= 0.3 is 0 Å². The average molecular weight is 282 g/mol. The molecule has 0 atom stereocenters. The lowest BCUT2D eigenvalue weighted by Crippen LogP contribution is -2.11. The number of benzene rings is 2. The van der Waals surface area contributed by atoms with Gasteiger partial charge in [-0.15, -0.1) is 10.2 Å². The molecular weight excluding hydrogens is 268 g/mol. The van der Waals surface area contributed by atoms with Gasteiger partial charge in [-0.05, 0) is 5.56 Å². The number of rotatable bonds is 4. The zero-order chi connectivity index (χ0) is 13.8. The van der Waals surface area contributed by atoms with Crippen LogP contribution in [0.3, 0.4) is 0 Å². The van der Waals surface area contributed by atoms with E-state index in [1.807, 2.05) is 48.5 Å². The molecular formula is C15H14N4S. The number of nitrogen functional groups attached to an aromatic ring is 1. The Hall–Kier alpha value is -2.27. The van der Waals surface area contributed by atoms with Gasteiger partial charge in [-0.2, -0.15) is 0 Å². The number of hydrogen-bond donors (Lipinski definition) is 1. The molecule has 3 aromatic rings. The summed E-state index contributed by atoms with van der Waals surface area (Å²) in [5.74, 6) is 7.58. The quantitative estimate of drug-likeness (QED) is 0.590. The molecule has 0 amide bonds. The van der Waals surface area contributed by atoms with Gasteiger partial charge in [0, 0.05) is 11.3 Å². The summed E-state index contributed by atoms with van der Waals surface area (Å²) in [6.45, 7) is 0. The molecule has 100 valence electrons. The third-order valence-corrected chi connectivity index (χ3v) is 3.92. The summed E-state index contributed by atoms with van der Waals surface area (Å²) < 4.78 is 1.54. The lowest BCUT2D eigenvalue weighted by molar-refractivity contribution is 0.849. The molecule has 2 N–H and O–H groups in total. The summed E-state index contributed by atoms with van der Waals surface area (Å²) in [5, 5.41) is 9.04. The van der Waals surface area contributed by atoms with Gasteiger partial charge in [0.05, 0.1) is 0 Å². The standard InChI is InChI=1S/C15H14N4S/c16-19-14(13-9-5-2-6-10-13)17-18-15(19)20-11-12-7-3-1-4-8-12/h1-10H,11,16H2. The van der Waals surface area contributed by atoms with Crippen molar-refractivity contribution in [2.24, 2.45) is 0 Å². The molecule has 0 spiro atoms. The van der Waals surface area contributed by atoms with E-state index in [0.717, 1.165) is 11.3 Å². The topological polar surface area (TPSA) is 56.7 Å². The summed E-state index contributed by atoms with van der Waals surface area (Å²) >= 11 is 1.58. The van der Waals surface area contributed by atoms with Crippen LogP contribution >= 0.6 is 11.8 Å². The van der Waals surface area contributed by atoms with Crippen molar-refractivity contribution in [1.82, 2.24) is 14.9 Å². The van der Waals surface area contributed by atoms with Gasteiger partial charge in [-0.25, -0.2) is 4.68 Å². The predicted octanol–water partition coefficient (Wildman–Crippen LogP) is 2.95. The van der Waals surface area contributed by atoms with Crippen molar-refractivity contribution in [3.05, 3.63) is 66.2 Å². The van der Waals surface area contributed by atoms with Gasteiger partial charge in [-0.1, -0.05) is 72.4 Å². The molecule has 0 fully saturated rings. The molecule has 0 aliphatic heterocycles. The van der Waals surface area contributed by atoms with Crippen molar-refractivity contribution in [2.75, 3.05) is 5.84 Å². The van der Waals surface area contributed by atoms with E-state index in [9.17, 15) is 0 Å². The van der Waals surface area contributed by atoms with Crippen LogP contribution in [0.4, 0.5) is 0 Å². The van der Waals surface area contributed by atoms with Crippen molar-refractivity contribution in [3.8, 4) is 11.4 Å². The third kappa shape index (κ3) is 2.67. The Bertz CT molecular complexity index is 680. The molecule has 5 heteroatoms. The summed E-state index contributed by atoms with van der Waals surface area (Å²) in [4.78, 5) is 0. The lowest BCUT2D eigenvalue weighted by Gasteiger charge is -2.03. The third-order valence-electron chi connectivity index (χ3n) is 2.91. The molecule has 0 aliphatic rings. The first-order chi connectivity index (χ1) is 9.84. The number of thioether (sulfide) groups is 1. The minimum Gasteiger partial charge on any atom is -0.335 e. The second-order valence-corrected chi connectivity index (χ2v) is 5.26. The first-order valence-electron chi connectivity index (χ1n) is 6.27. The van der Waals surface area contributed by atoms with Crippen molar-refractivity contribution in [2.45, 2.75) is 10.9 Å². The second-order valence-electron chi connectivity index (χ2n) is 4.32.